The fourth-order valence-electron chi connectivity index (χ4n) is 2.45. The number of aromatic nitrogens is 1. The molecule has 5 heteroatoms. The van der Waals surface area contributed by atoms with Crippen molar-refractivity contribution < 1.29 is 9.90 Å². The van der Waals surface area contributed by atoms with Gasteiger partial charge in [0.25, 0.3) is 5.91 Å². The second kappa shape index (κ2) is 6.46. The Labute approximate surface area is 134 Å². The Bertz CT molecular complexity index is 659. The lowest BCUT2D eigenvalue weighted by Gasteiger charge is -2.25. The molecule has 0 aliphatic heterocycles. The number of hydrogen-bond acceptors (Lipinski definition) is 3. The molecular weight excluding hydrogens is 300 g/mol. The molecule has 1 N–H and O–H groups in total. The summed E-state index contributed by atoms with van der Waals surface area (Å²) in [5, 5.41) is 10.8. The summed E-state index contributed by atoms with van der Waals surface area (Å²) in [7, 11) is 0. The molecule has 114 valence electrons. The third-order valence-corrected chi connectivity index (χ3v) is 4.15. The van der Waals surface area contributed by atoms with Gasteiger partial charge in [-0.25, -0.2) is 0 Å². The standard InChI is InChI=1S/C17H17ClN2O2/c18-15-4-2-1-3-14(15)16(21)17(22)20(13-5-6-13)11-12-7-9-19-10-8-12/h1-4,7-10,13,16,21H,5-6,11H2/t16-/m1/s1. The number of carbonyl (C=O) groups is 1. The first-order chi connectivity index (χ1) is 10.7. The topological polar surface area (TPSA) is 53.4 Å². The van der Waals surface area contributed by atoms with Gasteiger partial charge < -0.3 is 10.0 Å². The maximum atomic E-state index is 12.7. The molecule has 1 aliphatic carbocycles. The van der Waals surface area contributed by atoms with Crippen LogP contribution in [0.25, 0.3) is 0 Å². The van der Waals surface area contributed by atoms with E-state index in [0.717, 1.165) is 18.4 Å². The number of pyridine rings is 1. The van der Waals surface area contributed by atoms with Gasteiger partial charge in [-0.15, -0.1) is 0 Å². The third-order valence-electron chi connectivity index (χ3n) is 3.81. The number of amides is 1. The van der Waals surface area contributed by atoms with Crippen molar-refractivity contribution in [1.29, 1.82) is 0 Å². The molecule has 1 atom stereocenters. The minimum atomic E-state index is -1.23. The Morgan fingerprint density at radius 1 is 1.27 bits per heavy atom. The second-order valence-electron chi connectivity index (χ2n) is 5.48. The SMILES string of the molecule is O=C([C@H](O)c1ccccc1Cl)N(Cc1ccncc1)C1CC1. The first kappa shape index (κ1) is 15.0. The van der Waals surface area contributed by atoms with Crippen LogP contribution in [0.4, 0.5) is 0 Å². The van der Waals surface area contributed by atoms with Crippen molar-refractivity contribution in [1.82, 2.24) is 9.88 Å². The number of halogens is 1. The number of rotatable bonds is 5. The zero-order valence-corrected chi connectivity index (χ0v) is 12.8. The first-order valence-electron chi connectivity index (χ1n) is 7.28. The number of nitrogens with zero attached hydrogens (tertiary/aromatic N) is 2. The molecule has 2 aromatic rings. The lowest BCUT2D eigenvalue weighted by atomic mass is 10.1. The Morgan fingerprint density at radius 2 is 1.95 bits per heavy atom. The predicted octanol–water partition coefficient (Wildman–Crippen LogP) is 2.96. The molecule has 0 saturated heterocycles. The summed E-state index contributed by atoms with van der Waals surface area (Å²) in [6, 6.07) is 10.9. The highest BCUT2D eigenvalue weighted by Crippen LogP contribution is 2.32. The van der Waals surface area contributed by atoms with E-state index in [1.807, 2.05) is 12.1 Å². The highest BCUT2D eigenvalue weighted by atomic mass is 35.5. The van der Waals surface area contributed by atoms with Crippen molar-refractivity contribution in [2.24, 2.45) is 0 Å². The van der Waals surface area contributed by atoms with Crippen LogP contribution in [0.5, 0.6) is 0 Å². The second-order valence-corrected chi connectivity index (χ2v) is 5.88. The van der Waals surface area contributed by atoms with Crippen molar-refractivity contribution >= 4 is 17.5 Å². The highest BCUT2D eigenvalue weighted by molar-refractivity contribution is 6.31. The molecule has 1 aliphatic rings. The smallest absolute Gasteiger partial charge is 0.256 e. The molecular formula is C17H17ClN2O2. The third kappa shape index (κ3) is 3.29. The Morgan fingerprint density at radius 3 is 2.59 bits per heavy atom. The highest BCUT2D eigenvalue weighted by Gasteiger charge is 2.36. The van der Waals surface area contributed by atoms with Crippen LogP contribution < -0.4 is 0 Å². The van der Waals surface area contributed by atoms with Gasteiger partial charge in [0.15, 0.2) is 6.10 Å². The average Bonchev–Trinajstić information content (AvgIpc) is 3.37. The summed E-state index contributed by atoms with van der Waals surface area (Å²) in [6.45, 7) is 0.480. The molecule has 0 unspecified atom stereocenters. The van der Waals surface area contributed by atoms with Gasteiger partial charge in [0.05, 0.1) is 0 Å². The molecule has 3 rings (SSSR count). The van der Waals surface area contributed by atoms with Crippen molar-refractivity contribution in [2.45, 2.75) is 31.5 Å². The molecule has 1 aromatic carbocycles. The van der Waals surface area contributed by atoms with Crippen LogP contribution >= 0.6 is 11.6 Å². The van der Waals surface area contributed by atoms with E-state index in [1.165, 1.54) is 0 Å². The molecule has 1 fully saturated rings. The number of benzene rings is 1. The van der Waals surface area contributed by atoms with Crippen LogP contribution in [-0.4, -0.2) is 26.9 Å². The molecule has 1 heterocycles. The van der Waals surface area contributed by atoms with E-state index in [1.54, 1.807) is 41.6 Å². The van der Waals surface area contributed by atoms with Crippen LogP contribution in [0.15, 0.2) is 48.8 Å². The van der Waals surface area contributed by atoms with E-state index in [0.29, 0.717) is 17.1 Å². The fourth-order valence-corrected chi connectivity index (χ4v) is 2.68. The van der Waals surface area contributed by atoms with Gasteiger partial charge in [0.2, 0.25) is 0 Å². The minimum absolute atomic E-state index is 0.206. The van der Waals surface area contributed by atoms with Gasteiger partial charge in [0, 0.05) is 35.6 Å². The lowest BCUT2D eigenvalue weighted by molar-refractivity contribution is -0.141. The maximum Gasteiger partial charge on any atom is 0.256 e. The average molecular weight is 317 g/mol. The summed E-state index contributed by atoms with van der Waals surface area (Å²) < 4.78 is 0. The van der Waals surface area contributed by atoms with E-state index in [9.17, 15) is 9.90 Å². The summed E-state index contributed by atoms with van der Waals surface area (Å²) in [5.41, 5.74) is 1.45. The van der Waals surface area contributed by atoms with Crippen LogP contribution in [0.1, 0.15) is 30.1 Å². The lowest BCUT2D eigenvalue weighted by Crippen LogP contribution is -2.36. The largest absolute Gasteiger partial charge is 0.378 e. The van der Waals surface area contributed by atoms with Crippen LogP contribution in [0.2, 0.25) is 5.02 Å². The van der Waals surface area contributed by atoms with Gasteiger partial charge in [-0.2, -0.15) is 0 Å². The molecule has 1 aromatic heterocycles. The number of aliphatic hydroxyl groups excluding tert-OH is 1. The monoisotopic (exact) mass is 316 g/mol. The van der Waals surface area contributed by atoms with Crippen LogP contribution in [0, 0.1) is 0 Å². The normalized spacial score (nSPS) is 15.4. The molecule has 4 nitrogen and oxygen atoms in total. The van der Waals surface area contributed by atoms with Crippen LogP contribution in [-0.2, 0) is 11.3 Å². The number of carbonyl (C=O) groups excluding carboxylic acids is 1. The molecule has 1 amide bonds. The summed E-state index contributed by atoms with van der Waals surface area (Å²) in [6.07, 6.45) is 4.14. The Kier molecular flexibility index (Phi) is 4.41. The van der Waals surface area contributed by atoms with Gasteiger partial charge in [-0.05, 0) is 36.6 Å². The Hall–Kier alpha value is -1.91. The van der Waals surface area contributed by atoms with Crippen molar-refractivity contribution in [3.63, 3.8) is 0 Å². The van der Waals surface area contributed by atoms with E-state index in [-0.39, 0.29) is 11.9 Å². The number of hydrogen-bond donors (Lipinski definition) is 1. The summed E-state index contributed by atoms with van der Waals surface area (Å²) in [5.74, 6) is -0.299. The predicted molar refractivity (Wildman–Crippen MR) is 84.2 cm³/mol. The molecule has 0 bridgehead atoms. The zero-order chi connectivity index (χ0) is 15.5. The molecule has 0 radical (unpaired) electrons. The zero-order valence-electron chi connectivity index (χ0n) is 12.0. The Balaban J connectivity index is 1.80. The summed E-state index contributed by atoms with van der Waals surface area (Å²) in [4.78, 5) is 18.4. The first-order valence-corrected chi connectivity index (χ1v) is 7.66. The quantitative estimate of drug-likeness (QED) is 0.922. The molecule has 1 saturated carbocycles. The van der Waals surface area contributed by atoms with Gasteiger partial charge >= 0.3 is 0 Å². The van der Waals surface area contributed by atoms with Crippen molar-refractivity contribution in [2.75, 3.05) is 0 Å². The van der Waals surface area contributed by atoms with Crippen molar-refractivity contribution in [3.8, 4) is 0 Å². The fraction of sp³-hybridized carbons (Fsp3) is 0.294. The van der Waals surface area contributed by atoms with E-state index in [4.69, 9.17) is 11.6 Å². The van der Waals surface area contributed by atoms with E-state index < -0.39 is 6.10 Å². The minimum Gasteiger partial charge on any atom is -0.378 e. The maximum absolute atomic E-state index is 12.7. The molecule has 0 spiro atoms. The van der Waals surface area contributed by atoms with Crippen LogP contribution in [0.3, 0.4) is 0 Å². The number of aliphatic hydroxyl groups is 1. The van der Waals surface area contributed by atoms with Gasteiger partial charge in [0.1, 0.15) is 0 Å². The van der Waals surface area contributed by atoms with Gasteiger partial charge in [-0.3, -0.25) is 9.78 Å². The van der Waals surface area contributed by atoms with Gasteiger partial charge in [-0.1, -0.05) is 29.8 Å². The van der Waals surface area contributed by atoms with Crippen molar-refractivity contribution in [3.05, 3.63) is 64.9 Å². The summed E-state index contributed by atoms with van der Waals surface area (Å²) >= 11 is 6.08. The molecule has 22 heavy (non-hydrogen) atoms. The van der Waals surface area contributed by atoms with E-state index in [2.05, 4.69) is 4.98 Å². The van der Waals surface area contributed by atoms with E-state index >= 15 is 0 Å².